The van der Waals surface area contributed by atoms with Crippen LogP contribution in [0.3, 0.4) is 0 Å². The maximum absolute atomic E-state index is 2.49. The molecule has 13 heavy (non-hydrogen) atoms. The predicted octanol–water partition coefficient (Wildman–Crippen LogP) is 3.62. The van der Waals surface area contributed by atoms with Crippen LogP contribution in [0.5, 0.6) is 0 Å². The molecule has 0 heterocycles. The van der Waals surface area contributed by atoms with Gasteiger partial charge in [0.15, 0.2) is 0 Å². The van der Waals surface area contributed by atoms with Crippen LogP contribution in [0, 0.1) is 10.8 Å². The molecule has 0 bridgehead atoms. The Balaban J connectivity index is 2.11. The Morgan fingerprint density at radius 3 is 2.38 bits per heavy atom. The second kappa shape index (κ2) is 2.17. The Morgan fingerprint density at radius 2 is 1.69 bits per heavy atom. The first-order valence-corrected chi connectivity index (χ1v) is 5.36. The maximum Gasteiger partial charge on any atom is 0.0193 e. The molecule has 68 valence electrons. The van der Waals surface area contributed by atoms with Crippen molar-refractivity contribution in [2.24, 2.45) is 10.8 Å². The largest absolute Gasteiger partial charge is 0.0765 e. The topological polar surface area (TPSA) is 0 Å². The Hall–Kier alpha value is -0.780. The van der Waals surface area contributed by atoms with Crippen LogP contribution < -0.4 is 0 Å². The van der Waals surface area contributed by atoms with Gasteiger partial charge in [-0.3, -0.25) is 0 Å². The molecule has 3 rings (SSSR count). The summed E-state index contributed by atoms with van der Waals surface area (Å²) in [6.45, 7) is 2.22. The molecule has 0 aliphatic heterocycles. The van der Waals surface area contributed by atoms with E-state index in [9.17, 15) is 0 Å². The fraction of sp³-hybridized carbons (Fsp3) is 0.538. The fourth-order valence-electron chi connectivity index (χ4n) is 3.26. The highest BCUT2D eigenvalue weighted by Gasteiger charge is 2.53. The molecule has 0 heteroatoms. The Kier molecular flexibility index (Phi) is 1.27. The van der Waals surface area contributed by atoms with Gasteiger partial charge < -0.3 is 0 Å². The predicted molar refractivity (Wildman–Crippen MR) is 55.4 cm³/mol. The highest BCUT2D eigenvalue weighted by atomic mass is 14.6. The zero-order valence-corrected chi connectivity index (χ0v) is 8.22. The molecule has 1 fully saturated rings. The standard InChI is InChI=1S/C13H16/c1-11-4-7-12-5-2-3-6-13(12,10-11)9-8-12/h4,7-10H,2-3,5-6H2,1H3/t12-,13+/m0/s1. The smallest absolute Gasteiger partial charge is 0.0193 e. The molecule has 3 aliphatic rings. The van der Waals surface area contributed by atoms with Crippen LogP contribution in [0.2, 0.25) is 0 Å². The van der Waals surface area contributed by atoms with Gasteiger partial charge in [0.1, 0.15) is 0 Å². The molecule has 0 unspecified atom stereocenters. The number of hydrogen-bond acceptors (Lipinski definition) is 0. The zero-order valence-electron chi connectivity index (χ0n) is 8.22. The highest BCUT2D eigenvalue weighted by molar-refractivity contribution is 5.45. The minimum absolute atomic E-state index is 0.435. The van der Waals surface area contributed by atoms with Crippen LogP contribution in [0.4, 0.5) is 0 Å². The van der Waals surface area contributed by atoms with Crippen molar-refractivity contribution >= 4 is 0 Å². The number of rotatable bonds is 0. The molecular formula is C13H16. The van der Waals surface area contributed by atoms with Crippen molar-refractivity contribution in [1.82, 2.24) is 0 Å². The summed E-state index contributed by atoms with van der Waals surface area (Å²) in [7, 11) is 0. The quantitative estimate of drug-likeness (QED) is 0.489. The molecule has 0 spiro atoms. The SMILES string of the molecule is CC1=C[C@@]23C=C[C@@]2(C=C1)CCCC3. The van der Waals surface area contributed by atoms with Gasteiger partial charge in [0, 0.05) is 10.8 Å². The first-order chi connectivity index (χ1) is 6.27. The summed E-state index contributed by atoms with van der Waals surface area (Å²) in [5.74, 6) is 0. The minimum atomic E-state index is 0.435. The van der Waals surface area contributed by atoms with Crippen molar-refractivity contribution in [2.45, 2.75) is 32.6 Å². The molecule has 0 N–H and O–H groups in total. The summed E-state index contributed by atoms with van der Waals surface area (Å²) in [4.78, 5) is 0. The Bertz CT molecular complexity index is 332. The van der Waals surface area contributed by atoms with Gasteiger partial charge in [0.05, 0.1) is 0 Å². The molecule has 0 saturated heterocycles. The van der Waals surface area contributed by atoms with Crippen LogP contribution in [-0.4, -0.2) is 0 Å². The highest BCUT2D eigenvalue weighted by Crippen LogP contribution is 2.62. The van der Waals surface area contributed by atoms with Crippen molar-refractivity contribution < 1.29 is 0 Å². The number of allylic oxidation sites excluding steroid dienone is 6. The van der Waals surface area contributed by atoms with E-state index in [0.717, 1.165) is 0 Å². The molecule has 1 saturated carbocycles. The van der Waals surface area contributed by atoms with Gasteiger partial charge in [0.2, 0.25) is 0 Å². The van der Waals surface area contributed by atoms with E-state index in [1.807, 2.05) is 0 Å². The van der Waals surface area contributed by atoms with Crippen molar-refractivity contribution in [3.63, 3.8) is 0 Å². The summed E-state index contributed by atoms with van der Waals surface area (Å²) in [5, 5.41) is 0. The van der Waals surface area contributed by atoms with E-state index in [4.69, 9.17) is 0 Å². The van der Waals surface area contributed by atoms with E-state index in [0.29, 0.717) is 10.8 Å². The molecule has 0 radical (unpaired) electrons. The van der Waals surface area contributed by atoms with Crippen LogP contribution in [-0.2, 0) is 0 Å². The molecule has 0 aromatic carbocycles. The molecule has 0 amide bonds. The average molecular weight is 172 g/mol. The Morgan fingerprint density at radius 1 is 1.00 bits per heavy atom. The minimum Gasteiger partial charge on any atom is -0.0765 e. The molecule has 2 atom stereocenters. The molecule has 0 aromatic rings. The second-order valence-electron chi connectivity index (χ2n) is 4.84. The normalized spacial score (nSPS) is 46.1. The van der Waals surface area contributed by atoms with Crippen molar-refractivity contribution in [2.75, 3.05) is 0 Å². The first kappa shape index (κ1) is 7.61. The molecule has 3 aliphatic carbocycles. The first-order valence-electron chi connectivity index (χ1n) is 5.36. The Labute approximate surface area is 80.0 Å². The van der Waals surface area contributed by atoms with E-state index in [1.165, 1.54) is 31.3 Å². The van der Waals surface area contributed by atoms with Crippen molar-refractivity contribution in [3.8, 4) is 0 Å². The van der Waals surface area contributed by atoms with E-state index >= 15 is 0 Å². The van der Waals surface area contributed by atoms with Crippen LogP contribution >= 0.6 is 0 Å². The van der Waals surface area contributed by atoms with Crippen molar-refractivity contribution in [3.05, 3.63) is 36.0 Å². The zero-order chi connectivity index (χ0) is 8.94. The van der Waals surface area contributed by atoms with Crippen molar-refractivity contribution in [1.29, 1.82) is 0 Å². The lowest BCUT2D eigenvalue weighted by atomic mass is 9.47. The fourth-order valence-corrected chi connectivity index (χ4v) is 3.26. The van der Waals surface area contributed by atoms with Gasteiger partial charge in [-0.25, -0.2) is 0 Å². The van der Waals surface area contributed by atoms with Gasteiger partial charge in [-0.2, -0.15) is 0 Å². The van der Waals surface area contributed by atoms with Crippen LogP contribution in [0.1, 0.15) is 32.6 Å². The molecular weight excluding hydrogens is 156 g/mol. The third-order valence-electron chi connectivity index (χ3n) is 4.10. The third kappa shape index (κ3) is 0.769. The third-order valence-corrected chi connectivity index (χ3v) is 4.10. The summed E-state index contributed by atoms with van der Waals surface area (Å²) in [6.07, 6.45) is 17.6. The maximum atomic E-state index is 2.49. The van der Waals surface area contributed by atoms with Gasteiger partial charge in [0.25, 0.3) is 0 Å². The molecule has 0 nitrogen and oxygen atoms in total. The average Bonchev–Trinajstić information content (AvgIpc) is 2.11. The van der Waals surface area contributed by atoms with Gasteiger partial charge >= 0.3 is 0 Å². The lowest BCUT2D eigenvalue weighted by Crippen LogP contribution is -2.46. The summed E-state index contributed by atoms with van der Waals surface area (Å²) < 4.78 is 0. The summed E-state index contributed by atoms with van der Waals surface area (Å²) in [6, 6.07) is 0. The van der Waals surface area contributed by atoms with E-state index in [1.54, 1.807) is 0 Å². The lowest BCUT2D eigenvalue weighted by molar-refractivity contribution is 0.134. The van der Waals surface area contributed by atoms with Gasteiger partial charge in [-0.05, 0) is 19.8 Å². The van der Waals surface area contributed by atoms with E-state index < -0.39 is 0 Å². The van der Waals surface area contributed by atoms with E-state index in [2.05, 4.69) is 37.3 Å². The van der Waals surface area contributed by atoms with Gasteiger partial charge in [-0.1, -0.05) is 48.8 Å². The van der Waals surface area contributed by atoms with E-state index in [-0.39, 0.29) is 0 Å². The summed E-state index contributed by atoms with van der Waals surface area (Å²) in [5.41, 5.74) is 2.32. The van der Waals surface area contributed by atoms with Crippen LogP contribution in [0.15, 0.2) is 36.0 Å². The van der Waals surface area contributed by atoms with Gasteiger partial charge in [-0.15, -0.1) is 0 Å². The molecule has 0 aromatic heterocycles. The summed E-state index contributed by atoms with van der Waals surface area (Å²) >= 11 is 0. The lowest BCUT2D eigenvalue weighted by Gasteiger charge is -2.56. The number of hydrogen-bond donors (Lipinski definition) is 0. The second-order valence-corrected chi connectivity index (χ2v) is 4.84. The monoisotopic (exact) mass is 172 g/mol. The van der Waals surface area contributed by atoms with Crippen LogP contribution in [0.25, 0.3) is 0 Å².